The van der Waals surface area contributed by atoms with E-state index in [-0.39, 0.29) is 0 Å². The maximum atomic E-state index is 3.64. The van der Waals surface area contributed by atoms with Crippen molar-refractivity contribution in [2.24, 2.45) is 11.3 Å². The molecular formula is C17H34N2. The molecule has 1 aliphatic carbocycles. The van der Waals surface area contributed by atoms with Gasteiger partial charge in [-0.25, -0.2) is 0 Å². The van der Waals surface area contributed by atoms with Crippen molar-refractivity contribution in [3.63, 3.8) is 0 Å². The summed E-state index contributed by atoms with van der Waals surface area (Å²) < 4.78 is 0. The Kier molecular flexibility index (Phi) is 6.15. The van der Waals surface area contributed by atoms with E-state index < -0.39 is 0 Å². The molecule has 0 aromatic carbocycles. The van der Waals surface area contributed by atoms with E-state index in [1.54, 1.807) is 0 Å². The van der Waals surface area contributed by atoms with Crippen LogP contribution in [0.25, 0.3) is 0 Å². The summed E-state index contributed by atoms with van der Waals surface area (Å²) in [6, 6.07) is 0. The van der Waals surface area contributed by atoms with Gasteiger partial charge in [-0.3, -0.25) is 0 Å². The van der Waals surface area contributed by atoms with Gasteiger partial charge in [0.1, 0.15) is 0 Å². The third-order valence-corrected chi connectivity index (χ3v) is 5.29. The molecule has 1 saturated carbocycles. The summed E-state index contributed by atoms with van der Waals surface area (Å²) in [6.45, 7) is 11.0. The predicted octanol–water partition coefficient (Wildman–Crippen LogP) is 3.67. The molecule has 0 amide bonds. The van der Waals surface area contributed by atoms with Gasteiger partial charge in [-0.05, 0) is 50.1 Å². The van der Waals surface area contributed by atoms with Crippen LogP contribution in [-0.4, -0.2) is 37.6 Å². The molecule has 2 aliphatic rings. The molecule has 1 aliphatic heterocycles. The van der Waals surface area contributed by atoms with Gasteiger partial charge in [-0.1, -0.05) is 39.5 Å². The van der Waals surface area contributed by atoms with Gasteiger partial charge in [-0.15, -0.1) is 0 Å². The van der Waals surface area contributed by atoms with Crippen molar-refractivity contribution in [2.75, 3.05) is 32.7 Å². The average molecular weight is 266 g/mol. The van der Waals surface area contributed by atoms with Crippen molar-refractivity contribution in [3.05, 3.63) is 0 Å². The minimum absolute atomic E-state index is 0.593. The Hall–Kier alpha value is -0.0800. The van der Waals surface area contributed by atoms with Crippen LogP contribution in [-0.2, 0) is 0 Å². The van der Waals surface area contributed by atoms with E-state index >= 15 is 0 Å². The van der Waals surface area contributed by atoms with Crippen LogP contribution in [0.1, 0.15) is 65.2 Å². The van der Waals surface area contributed by atoms with Crippen molar-refractivity contribution < 1.29 is 0 Å². The van der Waals surface area contributed by atoms with Gasteiger partial charge in [0.15, 0.2) is 0 Å². The van der Waals surface area contributed by atoms with Crippen molar-refractivity contribution >= 4 is 0 Å². The van der Waals surface area contributed by atoms with E-state index in [0.29, 0.717) is 5.41 Å². The number of nitrogens with one attached hydrogen (secondary N) is 1. The van der Waals surface area contributed by atoms with Crippen molar-refractivity contribution in [1.82, 2.24) is 10.2 Å². The van der Waals surface area contributed by atoms with Gasteiger partial charge in [0.25, 0.3) is 0 Å². The van der Waals surface area contributed by atoms with E-state index in [0.717, 1.165) is 12.5 Å². The first-order valence-electron chi connectivity index (χ1n) is 8.71. The van der Waals surface area contributed by atoms with Crippen LogP contribution >= 0.6 is 0 Å². The van der Waals surface area contributed by atoms with Gasteiger partial charge in [-0.2, -0.15) is 0 Å². The summed E-state index contributed by atoms with van der Waals surface area (Å²) in [5.41, 5.74) is 0.593. The number of nitrogens with zero attached hydrogens (tertiary/aromatic N) is 1. The largest absolute Gasteiger partial charge is 0.316 e. The summed E-state index contributed by atoms with van der Waals surface area (Å²) in [7, 11) is 0. The zero-order valence-electron chi connectivity index (χ0n) is 13.2. The minimum atomic E-state index is 0.593. The van der Waals surface area contributed by atoms with Crippen molar-refractivity contribution in [2.45, 2.75) is 65.2 Å². The molecule has 2 fully saturated rings. The van der Waals surface area contributed by atoms with Crippen LogP contribution in [0.15, 0.2) is 0 Å². The Morgan fingerprint density at radius 2 is 1.95 bits per heavy atom. The van der Waals surface area contributed by atoms with Crippen LogP contribution in [0.5, 0.6) is 0 Å². The molecule has 2 nitrogen and oxygen atoms in total. The Morgan fingerprint density at radius 3 is 2.63 bits per heavy atom. The van der Waals surface area contributed by atoms with Crippen LogP contribution in [0.4, 0.5) is 0 Å². The summed E-state index contributed by atoms with van der Waals surface area (Å²) in [5, 5.41) is 3.64. The van der Waals surface area contributed by atoms with Crippen LogP contribution < -0.4 is 5.32 Å². The van der Waals surface area contributed by atoms with Crippen molar-refractivity contribution in [1.29, 1.82) is 0 Å². The van der Waals surface area contributed by atoms with E-state index in [2.05, 4.69) is 24.1 Å². The maximum absolute atomic E-state index is 3.64. The summed E-state index contributed by atoms with van der Waals surface area (Å²) in [6.07, 6.45) is 11.5. The Balaban J connectivity index is 1.85. The fourth-order valence-electron chi connectivity index (χ4n) is 4.26. The van der Waals surface area contributed by atoms with Gasteiger partial charge < -0.3 is 10.2 Å². The highest BCUT2D eigenvalue weighted by atomic mass is 15.2. The molecule has 0 aromatic heterocycles. The number of rotatable bonds is 7. The first-order valence-corrected chi connectivity index (χ1v) is 8.71. The van der Waals surface area contributed by atoms with E-state index in [4.69, 9.17) is 0 Å². The molecule has 2 heteroatoms. The maximum Gasteiger partial charge on any atom is 0.00503 e. The zero-order valence-corrected chi connectivity index (χ0v) is 13.2. The molecule has 2 rings (SSSR count). The van der Waals surface area contributed by atoms with Gasteiger partial charge in [0, 0.05) is 19.6 Å². The van der Waals surface area contributed by atoms with Crippen LogP contribution in [0.2, 0.25) is 0 Å². The average Bonchev–Trinajstić information content (AvgIpc) is 2.85. The Bertz CT molecular complexity index is 246. The van der Waals surface area contributed by atoms with Crippen molar-refractivity contribution in [3.8, 4) is 0 Å². The van der Waals surface area contributed by atoms with Crippen LogP contribution in [0.3, 0.4) is 0 Å². The summed E-state index contributed by atoms with van der Waals surface area (Å²) in [5.74, 6) is 0.991. The molecule has 0 aromatic rings. The highest BCUT2D eigenvalue weighted by Crippen LogP contribution is 2.38. The lowest BCUT2D eigenvalue weighted by Crippen LogP contribution is -2.44. The zero-order chi connectivity index (χ0) is 13.6. The van der Waals surface area contributed by atoms with Crippen LogP contribution in [0, 0.1) is 11.3 Å². The highest BCUT2D eigenvalue weighted by Gasteiger charge is 2.35. The second kappa shape index (κ2) is 7.64. The summed E-state index contributed by atoms with van der Waals surface area (Å²) in [4.78, 5) is 2.78. The first kappa shape index (κ1) is 15.3. The Morgan fingerprint density at radius 1 is 1.16 bits per heavy atom. The quantitative estimate of drug-likeness (QED) is 0.756. The number of likely N-dealkylation sites (tertiary alicyclic amines) is 1. The molecule has 1 heterocycles. The topological polar surface area (TPSA) is 15.3 Å². The third-order valence-electron chi connectivity index (χ3n) is 5.29. The van der Waals surface area contributed by atoms with Gasteiger partial charge >= 0.3 is 0 Å². The van der Waals surface area contributed by atoms with E-state index in [1.165, 1.54) is 77.5 Å². The lowest BCUT2D eigenvalue weighted by atomic mass is 9.73. The molecule has 0 bridgehead atoms. The SMILES string of the molecule is CCCC1CCN(CC2(CNCC)CCCCC2)C1. The molecule has 1 saturated heterocycles. The highest BCUT2D eigenvalue weighted by molar-refractivity contribution is 4.90. The lowest BCUT2D eigenvalue weighted by Gasteiger charge is -2.40. The monoisotopic (exact) mass is 266 g/mol. The predicted molar refractivity (Wildman–Crippen MR) is 83.5 cm³/mol. The molecule has 112 valence electrons. The second-order valence-corrected chi connectivity index (χ2v) is 7.02. The third kappa shape index (κ3) is 4.46. The molecule has 1 unspecified atom stereocenters. The summed E-state index contributed by atoms with van der Waals surface area (Å²) >= 11 is 0. The second-order valence-electron chi connectivity index (χ2n) is 7.02. The smallest absolute Gasteiger partial charge is 0.00503 e. The Labute approximate surface area is 120 Å². The fraction of sp³-hybridized carbons (Fsp3) is 1.00. The normalized spacial score (nSPS) is 27.8. The standard InChI is InChI=1S/C17H34N2/c1-3-8-16-9-12-19(13-16)15-17(14-18-4-2)10-6-5-7-11-17/h16,18H,3-15H2,1-2H3. The molecular weight excluding hydrogens is 232 g/mol. The molecule has 1 atom stereocenters. The first-order chi connectivity index (χ1) is 9.28. The minimum Gasteiger partial charge on any atom is -0.316 e. The van der Waals surface area contributed by atoms with Gasteiger partial charge in [0.05, 0.1) is 0 Å². The van der Waals surface area contributed by atoms with E-state index in [1.807, 2.05) is 0 Å². The number of hydrogen-bond donors (Lipinski definition) is 1. The number of hydrogen-bond acceptors (Lipinski definition) is 2. The molecule has 0 radical (unpaired) electrons. The molecule has 19 heavy (non-hydrogen) atoms. The molecule has 1 N–H and O–H groups in total. The fourth-order valence-corrected chi connectivity index (χ4v) is 4.26. The lowest BCUT2D eigenvalue weighted by molar-refractivity contribution is 0.115. The van der Waals surface area contributed by atoms with E-state index in [9.17, 15) is 0 Å². The van der Waals surface area contributed by atoms with Gasteiger partial charge in [0.2, 0.25) is 0 Å². The molecule has 0 spiro atoms.